The summed E-state index contributed by atoms with van der Waals surface area (Å²) in [5, 5.41) is 10.4. The second-order valence-corrected chi connectivity index (χ2v) is 4.49. The van der Waals surface area contributed by atoms with Crippen LogP contribution in [0.15, 0.2) is 49.3 Å². The lowest BCUT2D eigenvalue weighted by atomic mass is 10.2. The number of hydrogen-bond donors (Lipinski definition) is 1. The SMILES string of the molecule is O=C(Nc1cccc(-n2cnnc2)c1)c1cncc(Cl)n1. The van der Waals surface area contributed by atoms with E-state index in [9.17, 15) is 4.79 Å². The lowest BCUT2D eigenvalue weighted by Crippen LogP contribution is -2.14. The Morgan fingerprint density at radius 1 is 1.19 bits per heavy atom. The summed E-state index contributed by atoms with van der Waals surface area (Å²) < 4.78 is 1.73. The van der Waals surface area contributed by atoms with Crippen LogP contribution < -0.4 is 5.32 Å². The van der Waals surface area contributed by atoms with E-state index in [2.05, 4.69) is 25.5 Å². The van der Waals surface area contributed by atoms with Gasteiger partial charge in [0.2, 0.25) is 0 Å². The standard InChI is InChI=1S/C13H9ClN6O/c14-12-6-15-5-11(19-12)13(21)18-9-2-1-3-10(4-9)20-7-16-17-8-20/h1-8H,(H,18,21). The van der Waals surface area contributed by atoms with Crippen LogP contribution in [0.4, 0.5) is 5.69 Å². The van der Waals surface area contributed by atoms with Crippen molar-refractivity contribution in [3.63, 3.8) is 0 Å². The fourth-order valence-electron chi connectivity index (χ4n) is 1.73. The number of hydrogen-bond acceptors (Lipinski definition) is 5. The fourth-order valence-corrected chi connectivity index (χ4v) is 1.87. The van der Waals surface area contributed by atoms with Gasteiger partial charge in [-0.2, -0.15) is 0 Å². The first kappa shape index (κ1) is 13.2. The summed E-state index contributed by atoms with van der Waals surface area (Å²) in [4.78, 5) is 19.8. The van der Waals surface area contributed by atoms with Gasteiger partial charge in [0.25, 0.3) is 5.91 Å². The molecule has 104 valence electrons. The summed E-state index contributed by atoms with van der Waals surface area (Å²) in [5.41, 5.74) is 1.60. The minimum atomic E-state index is -0.383. The molecule has 2 aromatic heterocycles. The number of aromatic nitrogens is 5. The van der Waals surface area contributed by atoms with E-state index in [1.54, 1.807) is 29.4 Å². The molecule has 0 aliphatic heterocycles. The first-order chi connectivity index (χ1) is 10.2. The molecular formula is C13H9ClN6O. The zero-order valence-corrected chi connectivity index (χ0v) is 11.4. The van der Waals surface area contributed by atoms with Crippen molar-refractivity contribution in [1.29, 1.82) is 0 Å². The van der Waals surface area contributed by atoms with Crippen molar-refractivity contribution >= 4 is 23.2 Å². The van der Waals surface area contributed by atoms with E-state index >= 15 is 0 Å². The lowest BCUT2D eigenvalue weighted by Gasteiger charge is -2.07. The van der Waals surface area contributed by atoms with Gasteiger partial charge in [-0.1, -0.05) is 17.7 Å². The lowest BCUT2D eigenvalue weighted by molar-refractivity contribution is 0.102. The predicted molar refractivity (Wildman–Crippen MR) is 76.4 cm³/mol. The highest BCUT2D eigenvalue weighted by Gasteiger charge is 2.09. The minimum Gasteiger partial charge on any atom is -0.321 e. The number of anilines is 1. The highest BCUT2D eigenvalue weighted by molar-refractivity contribution is 6.29. The number of carbonyl (C=O) groups excluding carboxylic acids is 1. The molecule has 3 aromatic rings. The van der Waals surface area contributed by atoms with Crippen LogP contribution in [0.25, 0.3) is 5.69 Å². The average Bonchev–Trinajstić information content (AvgIpc) is 3.02. The van der Waals surface area contributed by atoms with Gasteiger partial charge in [0.05, 0.1) is 18.1 Å². The second kappa shape index (κ2) is 5.68. The molecule has 21 heavy (non-hydrogen) atoms. The Morgan fingerprint density at radius 3 is 2.76 bits per heavy atom. The molecular weight excluding hydrogens is 292 g/mol. The molecule has 0 bridgehead atoms. The number of carbonyl (C=O) groups is 1. The monoisotopic (exact) mass is 300 g/mol. The van der Waals surface area contributed by atoms with Gasteiger partial charge in [-0.3, -0.25) is 14.3 Å². The van der Waals surface area contributed by atoms with Gasteiger partial charge >= 0.3 is 0 Å². The quantitative estimate of drug-likeness (QED) is 0.799. The number of halogens is 1. The Balaban J connectivity index is 1.82. The van der Waals surface area contributed by atoms with E-state index in [0.29, 0.717) is 5.69 Å². The fraction of sp³-hybridized carbons (Fsp3) is 0. The Kier molecular flexibility index (Phi) is 3.57. The molecule has 0 fully saturated rings. The van der Waals surface area contributed by atoms with Crippen molar-refractivity contribution in [2.24, 2.45) is 0 Å². The highest BCUT2D eigenvalue weighted by atomic mass is 35.5. The zero-order valence-electron chi connectivity index (χ0n) is 10.6. The molecule has 7 nitrogen and oxygen atoms in total. The van der Waals surface area contributed by atoms with Crippen LogP contribution in [0, 0.1) is 0 Å². The molecule has 0 aliphatic rings. The van der Waals surface area contributed by atoms with Crippen LogP contribution in [0.2, 0.25) is 5.15 Å². The molecule has 0 radical (unpaired) electrons. The van der Waals surface area contributed by atoms with Gasteiger partial charge in [-0.15, -0.1) is 10.2 Å². The third-order valence-electron chi connectivity index (χ3n) is 2.66. The van der Waals surface area contributed by atoms with Crippen LogP contribution in [0.5, 0.6) is 0 Å². The van der Waals surface area contributed by atoms with Crippen LogP contribution >= 0.6 is 11.6 Å². The average molecular weight is 301 g/mol. The smallest absolute Gasteiger partial charge is 0.275 e. The van der Waals surface area contributed by atoms with Gasteiger partial charge in [-0.25, -0.2) is 4.98 Å². The zero-order chi connectivity index (χ0) is 14.7. The molecule has 0 saturated heterocycles. The van der Waals surface area contributed by atoms with Gasteiger partial charge in [0.15, 0.2) is 0 Å². The van der Waals surface area contributed by atoms with Crippen LogP contribution in [0.1, 0.15) is 10.5 Å². The van der Waals surface area contributed by atoms with Crippen molar-refractivity contribution in [1.82, 2.24) is 24.7 Å². The molecule has 1 aromatic carbocycles. The molecule has 1 amide bonds. The molecule has 0 spiro atoms. The Morgan fingerprint density at radius 2 is 2.00 bits per heavy atom. The number of benzene rings is 1. The van der Waals surface area contributed by atoms with Crippen LogP contribution in [-0.2, 0) is 0 Å². The molecule has 0 aliphatic carbocycles. The highest BCUT2D eigenvalue weighted by Crippen LogP contribution is 2.15. The van der Waals surface area contributed by atoms with Crippen molar-refractivity contribution < 1.29 is 4.79 Å². The number of rotatable bonds is 3. The molecule has 0 saturated carbocycles. The first-order valence-electron chi connectivity index (χ1n) is 5.96. The van der Waals surface area contributed by atoms with E-state index < -0.39 is 0 Å². The Labute approximate surface area is 124 Å². The topological polar surface area (TPSA) is 85.6 Å². The normalized spacial score (nSPS) is 10.3. The van der Waals surface area contributed by atoms with Crippen LogP contribution in [0.3, 0.4) is 0 Å². The Bertz CT molecular complexity index is 774. The van der Waals surface area contributed by atoms with Crippen molar-refractivity contribution in [3.8, 4) is 5.69 Å². The molecule has 3 rings (SSSR count). The van der Waals surface area contributed by atoms with E-state index in [4.69, 9.17) is 11.6 Å². The van der Waals surface area contributed by atoms with Gasteiger partial charge in [-0.05, 0) is 18.2 Å². The maximum atomic E-state index is 12.1. The summed E-state index contributed by atoms with van der Waals surface area (Å²) in [7, 11) is 0. The summed E-state index contributed by atoms with van der Waals surface area (Å²) in [5.74, 6) is -0.383. The number of nitrogens with one attached hydrogen (secondary N) is 1. The number of nitrogens with zero attached hydrogens (tertiary/aromatic N) is 5. The van der Waals surface area contributed by atoms with Gasteiger partial charge in [0, 0.05) is 5.69 Å². The molecule has 1 N–H and O–H groups in total. The van der Waals surface area contributed by atoms with E-state index in [1.165, 1.54) is 12.4 Å². The number of amides is 1. The van der Waals surface area contributed by atoms with Crippen molar-refractivity contribution in [2.75, 3.05) is 5.32 Å². The van der Waals surface area contributed by atoms with Crippen molar-refractivity contribution in [2.45, 2.75) is 0 Å². The second-order valence-electron chi connectivity index (χ2n) is 4.10. The summed E-state index contributed by atoms with van der Waals surface area (Å²) in [6, 6.07) is 7.25. The van der Waals surface area contributed by atoms with Gasteiger partial charge < -0.3 is 5.32 Å². The van der Waals surface area contributed by atoms with Crippen LogP contribution in [-0.4, -0.2) is 30.6 Å². The molecule has 0 atom stereocenters. The largest absolute Gasteiger partial charge is 0.321 e. The van der Waals surface area contributed by atoms with E-state index in [1.807, 2.05) is 12.1 Å². The third-order valence-corrected chi connectivity index (χ3v) is 2.84. The summed E-state index contributed by atoms with van der Waals surface area (Å²) in [6.07, 6.45) is 5.86. The molecule has 0 unspecified atom stereocenters. The minimum absolute atomic E-state index is 0.150. The van der Waals surface area contributed by atoms with Crippen molar-refractivity contribution in [3.05, 3.63) is 60.2 Å². The molecule has 8 heteroatoms. The Hall–Kier alpha value is -2.80. The van der Waals surface area contributed by atoms with E-state index in [-0.39, 0.29) is 16.8 Å². The maximum Gasteiger partial charge on any atom is 0.275 e. The summed E-state index contributed by atoms with van der Waals surface area (Å²) >= 11 is 5.71. The maximum absolute atomic E-state index is 12.1. The summed E-state index contributed by atoms with van der Waals surface area (Å²) in [6.45, 7) is 0. The molecule has 2 heterocycles. The predicted octanol–water partition coefficient (Wildman–Crippen LogP) is 1.96. The third kappa shape index (κ3) is 3.03. The van der Waals surface area contributed by atoms with Gasteiger partial charge in [0.1, 0.15) is 23.5 Å². The first-order valence-corrected chi connectivity index (χ1v) is 6.34. The van der Waals surface area contributed by atoms with E-state index in [0.717, 1.165) is 5.69 Å².